The largest absolute Gasteiger partial charge is 0.350 e. The number of hydrogen-bond acceptors (Lipinski definition) is 5. The van der Waals surface area contributed by atoms with Crippen LogP contribution in [0.1, 0.15) is 44.2 Å². The van der Waals surface area contributed by atoms with Crippen molar-refractivity contribution in [3.63, 3.8) is 0 Å². The minimum atomic E-state index is -0.107. The molecular formula is C20H29N5O2. The zero-order valence-electron chi connectivity index (χ0n) is 15.7. The van der Waals surface area contributed by atoms with Gasteiger partial charge in [0.15, 0.2) is 0 Å². The first-order chi connectivity index (χ1) is 13.2. The molecule has 7 heteroatoms. The molecular weight excluding hydrogens is 342 g/mol. The summed E-state index contributed by atoms with van der Waals surface area (Å²) < 4.78 is 0. The molecule has 3 heterocycles. The number of rotatable bonds is 4. The average Bonchev–Trinajstić information content (AvgIpc) is 3.16. The predicted molar refractivity (Wildman–Crippen MR) is 101 cm³/mol. The number of aromatic nitrogens is 1. The van der Waals surface area contributed by atoms with Crippen LogP contribution in [-0.4, -0.2) is 46.9 Å². The fourth-order valence-corrected chi connectivity index (χ4v) is 4.67. The van der Waals surface area contributed by atoms with Crippen LogP contribution in [0.15, 0.2) is 24.4 Å². The Morgan fingerprint density at radius 3 is 2.70 bits per heavy atom. The maximum absolute atomic E-state index is 13.0. The van der Waals surface area contributed by atoms with E-state index < -0.39 is 0 Å². The number of carbonyl (C=O) groups is 2. The molecule has 0 radical (unpaired) electrons. The molecule has 1 aliphatic carbocycles. The van der Waals surface area contributed by atoms with Crippen LogP contribution >= 0.6 is 0 Å². The zero-order valence-corrected chi connectivity index (χ0v) is 15.7. The van der Waals surface area contributed by atoms with Gasteiger partial charge >= 0.3 is 0 Å². The highest BCUT2D eigenvalue weighted by atomic mass is 16.2. The van der Waals surface area contributed by atoms with Crippen molar-refractivity contribution in [1.82, 2.24) is 26.1 Å². The number of amides is 2. The van der Waals surface area contributed by atoms with Crippen LogP contribution in [0.25, 0.3) is 0 Å². The van der Waals surface area contributed by atoms with E-state index in [-0.39, 0.29) is 23.8 Å². The molecule has 3 unspecified atom stereocenters. The Morgan fingerprint density at radius 2 is 1.93 bits per heavy atom. The van der Waals surface area contributed by atoms with Crippen molar-refractivity contribution in [2.24, 2.45) is 11.8 Å². The molecule has 2 saturated heterocycles. The monoisotopic (exact) mass is 371 g/mol. The lowest BCUT2D eigenvalue weighted by molar-refractivity contribution is -0.138. The number of hydrazine groups is 1. The van der Waals surface area contributed by atoms with Gasteiger partial charge in [0, 0.05) is 37.2 Å². The molecule has 1 saturated carbocycles. The number of carbonyl (C=O) groups excluding carboxylic acids is 2. The lowest BCUT2D eigenvalue weighted by Gasteiger charge is -2.35. The molecule has 0 spiro atoms. The molecule has 0 bridgehead atoms. The first kappa shape index (κ1) is 18.4. The van der Waals surface area contributed by atoms with Gasteiger partial charge in [-0.3, -0.25) is 20.0 Å². The van der Waals surface area contributed by atoms with E-state index in [1.54, 1.807) is 6.20 Å². The number of pyridine rings is 1. The molecule has 3 aliphatic rings. The van der Waals surface area contributed by atoms with Crippen LogP contribution in [-0.2, 0) is 16.1 Å². The Bertz CT molecular complexity index is 660. The summed E-state index contributed by atoms with van der Waals surface area (Å²) in [5, 5.41) is 2.98. The molecule has 7 nitrogen and oxygen atoms in total. The van der Waals surface area contributed by atoms with Crippen molar-refractivity contribution in [2.45, 2.75) is 57.2 Å². The Kier molecular flexibility index (Phi) is 5.69. The van der Waals surface area contributed by atoms with Gasteiger partial charge in [-0.25, -0.2) is 5.43 Å². The van der Waals surface area contributed by atoms with Crippen LogP contribution in [0, 0.1) is 11.8 Å². The number of nitrogens with zero attached hydrogens (tertiary/aromatic N) is 2. The SMILES string of the molecule is O=C(NCc1ccccn1)C1CCN(C(=O)C2NNC3CCCCC32)CC1. The second kappa shape index (κ2) is 8.35. The van der Waals surface area contributed by atoms with Crippen molar-refractivity contribution in [3.05, 3.63) is 30.1 Å². The summed E-state index contributed by atoms with van der Waals surface area (Å²) in [5.74, 6) is 0.658. The Labute approximate surface area is 160 Å². The second-order valence-corrected chi connectivity index (χ2v) is 7.96. The van der Waals surface area contributed by atoms with Gasteiger partial charge in [0.05, 0.1) is 12.2 Å². The third-order valence-corrected chi connectivity index (χ3v) is 6.29. The first-order valence-electron chi connectivity index (χ1n) is 10.2. The quantitative estimate of drug-likeness (QED) is 0.734. The smallest absolute Gasteiger partial charge is 0.241 e. The topological polar surface area (TPSA) is 86.4 Å². The van der Waals surface area contributed by atoms with Crippen molar-refractivity contribution in [1.29, 1.82) is 0 Å². The van der Waals surface area contributed by atoms with E-state index >= 15 is 0 Å². The van der Waals surface area contributed by atoms with Crippen LogP contribution in [0.3, 0.4) is 0 Å². The molecule has 3 atom stereocenters. The number of nitrogens with one attached hydrogen (secondary N) is 3. The predicted octanol–water partition coefficient (Wildman–Crippen LogP) is 0.972. The van der Waals surface area contributed by atoms with E-state index in [9.17, 15) is 9.59 Å². The molecule has 2 aliphatic heterocycles. The van der Waals surface area contributed by atoms with Crippen LogP contribution < -0.4 is 16.2 Å². The van der Waals surface area contributed by atoms with Gasteiger partial charge in [-0.15, -0.1) is 0 Å². The van der Waals surface area contributed by atoms with Crippen LogP contribution in [0.5, 0.6) is 0 Å². The summed E-state index contributed by atoms with van der Waals surface area (Å²) in [6, 6.07) is 6.01. The van der Waals surface area contributed by atoms with E-state index in [0.717, 1.165) is 31.4 Å². The fraction of sp³-hybridized carbons (Fsp3) is 0.650. The van der Waals surface area contributed by atoms with Gasteiger partial charge in [0.25, 0.3) is 0 Å². The molecule has 4 rings (SSSR count). The summed E-state index contributed by atoms with van der Waals surface area (Å²) in [5.41, 5.74) is 7.42. The van der Waals surface area contributed by atoms with Gasteiger partial charge in [-0.1, -0.05) is 18.9 Å². The van der Waals surface area contributed by atoms with Gasteiger partial charge in [-0.2, -0.15) is 0 Å². The number of likely N-dealkylation sites (tertiary alicyclic amines) is 1. The fourth-order valence-electron chi connectivity index (χ4n) is 4.67. The van der Waals surface area contributed by atoms with Gasteiger partial charge in [-0.05, 0) is 37.8 Å². The van der Waals surface area contributed by atoms with Crippen LogP contribution in [0.4, 0.5) is 0 Å². The molecule has 1 aromatic heterocycles. The Balaban J connectivity index is 1.25. The van der Waals surface area contributed by atoms with Gasteiger partial charge < -0.3 is 10.2 Å². The van der Waals surface area contributed by atoms with Crippen molar-refractivity contribution < 1.29 is 9.59 Å². The van der Waals surface area contributed by atoms with E-state index in [0.29, 0.717) is 31.6 Å². The third-order valence-electron chi connectivity index (χ3n) is 6.29. The zero-order chi connectivity index (χ0) is 18.6. The highest BCUT2D eigenvalue weighted by molar-refractivity contribution is 5.83. The minimum absolute atomic E-state index is 0.0187. The number of piperidine rings is 1. The second-order valence-electron chi connectivity index (χ2n) is 7.96. The van der Waals surface area contributed by atoms with E-state index in [1.807, 2.05) is 23.1 Å². The maximum atomic E-state index is 13.0. The third kappa shape index (κ3) is 4.14. The molecule has 27 heavy (non-hydrogen) atoms. The Hall–Kier alpha value is -1.99. The number of fused-ring (bicyclic) bond motifs is 1. The van der Waals surface area contributed by atoms with E-state index in [2.05, 4.69) is 21.2 Å². The average molecular weight is 371 g/mol. The molecule has 146 valence electrons. The standard InChI is InChI=1S/C20H29N5O2/c26-19(22-13-15-5-3-4-10-21-15)14-8-11-25(12-9-14)20(27)18-16-6-1-2-7-17(16)23-24-18/h3-5,10,14,16-18,23-24H,1-2,6-9,11-13H2,(H,22,26). The summed E-state index contributed by atoms with van der Waals surface area (Å²) in [6.45, 7) is 1.78. The van der Waals surface area contributed by atoms with E-state index in [1.165, 1.54) is 12.8 Å². The van der Waals surface area contributed by atoms with Crippen molar-refractivity contribution >= 4 is 11.8 Å². The van der Waals surface area contributed by atoms with Crippen LogP contribution in [0.2, 0.25) is 0 Å². The molecule has 2 amide bonds. The molecule has 1 aromatic rings. The summed E-state index contributed by atoms with van der Waals surface area (Å²) in [4.78, 5) is 31.6. The van der Waals surface area contributed by atoms with Gasteiger partial charge in [0.2, 0.25) is 11.8 Å². The summed E-state index contributed by atoms with van der Waals surface area (Å²) >= 11 is 0. The normalized spacial score (nSPS) is 28.6. The van der Waals surface area contributed by atoms with E-state index in [4.69, 9.17) is 0 Å². The highest BCUT2D eigenvalue weighted by Gasteiger charge is 2.43. The molecule has 0 aromatic carbocycles. The summed E-state index contributed by atoms with van der Waals surface area (Å²) in [6.07, 6.45) is 7.92. The highest BCUT2D eigenvalue weighted by Crippen LogP contribution is 2.31. The summed E-state index contributed by atoms with van der Waals surface area (Å²) in [7, 11) is 0. The maximum Gasteiger partial charge on any atom is 0.241 e. The van der Waals surface area contributed by atoms with Crippen molar-refractivity contribution in [3.8, 4) is 0 Å². The minimum Gasteiger partial charge on any atom is -0.350 e. The Morgan fingerprint density at radius 1 is 1.11 bits per heavy atom. The first-order valence-corrected chi connectivity index (χ1v) is 10.2. The van der Waals surface area contributed by atoms with Crippen molar-refractivity contribution in [2.75, 3.05) is 13.1 Å². The van der Waals surface area contributed by atoms with Gasteiger partial charge in [0.1, 0.15) is 6.04 Å². The molecule has 3 fully saturated rings. The number of hydrogen-bond donors (Lipinski definition) is 3. The lowest BCUT2D eigenvalue weighted by Crippen LogP contribution is -2.51. The molecule has 3 N–H and O–H groups in total. The lowest BCUT2D eigenvalue weighted by atomic mass is 9.81.